The van der Waals surface area contributed by atoms with Crippen LogP contribution in [0.5, 0.6) is 11.5 Å². The standard InChI is InChI=1S/C27H36ClNO2/c1-25(2,3)20-10-8-9-11-23(20)31-24-13-12-19(15-21(24)28)22(30)14-18-16-26(4,5)29-27(6,7)17-18/h8-13,15,18,29H,14,16-17H2,1-7H3. The second kappa shape index (κ2) is 8.60. The quantitative estimate of drug-likeness (QED) is 0.486. The van der Waals surface area contributed by atoms with Crippen molar-refractivity contribution < 1.29 is 9.53 Å². The topological polar surface area (TPSA) is 38.3 Å². The second-order valence-corrected chi connectivity index (χ2v) is 11.7. The van der Waals surface area contributed by atoms with Crippen molar-refractivity contribution in [2.24, 2.45) is 5.92 Å². The summed E-state index contributed by atoms with van der Waals surface area (Å²) in [6, 6.07) is 13.4. The van der Waals surface area contributed by atoms with Crippen LogP contribution in [0.3, 0.4) is 0 Å². The first-order valence-corrected chi connectivity index (χ1v) is 11.5. The number of piperidine rings is 1. The molecular weight excluding hydrogens is 406 g/mol. The Balaban J connectivity index is 1.75. The molecular formula is C27H36ClNO2. The molecule has 0 amide bonds. The Morgan fingerprint density at radius 1 is 1.03 bits per heavy atom. The number of rotatable bonds is 5. The van der Waals surface area contributed by atoms with Gasteiger partial charge in [-0.05, 0) is 76.1 Å². The summed E-state index contributed by atoms with van der Waals surface area (Å²) in [6.07, 6.45) is 2.51. The van der Waals surface area contributed by atoms with Crippen molar-refractivity contribution >= 4 is 17.4 Å². The molecule has 0 saturated carbocycles. The van der Waals surface area contributed by atoms with Gasteiger partial charge in [0.15, 0.2) is 5.78 Å². The van der Waals surface area contributed by atoms with Gasteiger partial charge in [0.25, 0.3) is 0 Å². The molecule has 31 heavy (non-hydrogen) atoms. The van der Waals surface area contributed by atoms with Crippen molar-refractivity contribution in [1.82, 2.24) is 5.32 Å². The molecule has 0 unspecified atom stereocenters. The zero-order valence-electron chi connectivity index (χ0n) is 19.9. The van der Waals surface area contributed by atoms with Gasteiger partial charge in [-0.1, -0.05) is 50.6 Å². The lowest BCUT2D eigenvalue weighted by Gasteiger charge is -2.46. The number of carbonyl (C=O) groups is 1. The third-order valence-corrected chi connectivity index (χ3v) is 6.21. The first-order valence-electron chi connectivity index (χ1n) is 11.2. The lowest BCUT2D eigenvalue weighted by Crippen LogP contribution is -2.57. The normalized spacial score (nSPS) is 18.6. The molecule has 1 fully saturated rings. The van der Waals surface area contributed by atoms with Crippen LogP contribution in [0, 0.1) is 5.92 Å². The lowest BCUT2D eigenvalue weighted by atomic mass is 9.74. The van der Waals surface area contributed by atoms with Crippen molar-refractivity contribution in [3.05, 3.63) is 58.6 Å². The second-order valence-electron chi connectivity index (χ2n) is 11.3. The third-order valence-electron chi connectivity index (χ3n) is 5.92. The van der Waals surface area contributed by atoms with Gasteiger partial charge in [-0.3, -0.25) is 4.79 Å². The predicted octanol–water partition coefficient (Wildman–Crippen LogP) is 7.56. The van der Waals surface area contributed by atoms with Crippen LogP contribution >= 0.6 is 11.6 Å². The molecule has 3 nitrogen and oxygen atoms in total. The van der Waals surface area contributed by atoms with E-state index in [4.69, 9.17) is 16.3 Å². The number of nitrogens with one attached hydrogen (secondary N) is 1. The molecule has 0 radical (unpaired) electrons. The number of hydrogen-bond donors (Lipinski definition) is 1. The minimum absolute atomic E-state index is 0.0302. The number of ether oxygens (including phenoxy) is 1. The van der Waals surface area contributed by atoms with Crippen molar-refractivity contribution in [2.45, 2.75) is 84.2 Å². The maximum absolute atomic E-state index is 13.0. The van der Waals surface area contributed by atoms with Crippen molar-refractivity contribution in [2.75, 3.05) is 0 Å². The van der Waals surface area contributed by atoms with Crippen molar-refractivity contribution in [3.63, 3.8) is 0 Å². The molecule has 0 aromatic heterocycles. The molecule has 0 spiro atoms. The SMILES string of the molecule is CC1(C)CC(CC(=O)c2ccc(Oc3ccccc3C(C)(C)C)c(Cl)c2)CC(C)(C)N1. The van der Waals surface area contributed by atoms with Crippen molar-refractivity contribution in [3.8, 4) is 11.5 Å². The molecule has 0 bridgehead atoms. The summed E-state index contributed by atoms with van der Waals surface area (Å²) >= 11 is 6.54. The smallest absolute Gasteiger partial charge is 0.163 e. The van der Waals surface area contributed by atoms with Crippen LogP contribution in [0.2, 0.25) is 5.02 Å². The highest BCUT2D eigenvalue weighted by atomic mass is 35.5. The molecule has 1 aliphatic heterocycles. The van der Waals surface area contributed by atoms with Crippen molar-refractivity contribution in [1.29, 1.82) is 0 Å². The van der Waals surface area contributed by atoms with E-state index in [0.717, 1.165) is 24.2 Å². The van der Waals surface area contributed by atoms with Crippen LogP contribution in [-0.2, 0) is 5.41 Å². The highest BCUT2D eigenvalue weighted by molar-refractivity contribution is 6.32. The van der Waals surface area contributed by atoms with E-state index >= 15 is 0 Å². The summed E-state index contributed by atoms with van der Waals surface area (Å²) in [7, 11) is 0. The van der Waals surface area contributed by atoms with Gasteiger partial charge in [-0.25, -0.2) is 0 Å². The average Bonchev–Trinajstić information content (AvgIpc) is 2.60. The fraction of sp³-hybridized carbons (Fsp3) is 0.519. The largest absolute Gasteiger partial charge is 0.455 e. The fourth-order valence-corrected chi connectivity index (χ4v) is 5.33. The van der Waals surface area contributed by atoms with Gasteiger partial charge in [0, 0.05) is 28.6 Å². The van der Waals surface area contributed by atoms with E-state index in [1.807, 2.05) is 30.3 Å². The van der Waals surface area contributed by atoms with Gasteiger partial charge in [0.05, 0.1) is 5.02 Å². The van der Waals surface area contributed by atoms with Gasteiger partial charge in [-0.2, -0.15) is 0 Å². The maximum atomic E-state index is 13.0. The van der Waals surface area contributed by atoms with E-state index in [-0.39, 0.29) is 22.3 Å². The molecule has 1 N–H and O–H groups in total. The third kappa shape index (κ3) is 6.11. The Hall–Kier alpha value is -1.84. The van der Waals surface area contributed by atoms with E-state index in [0.29, 0.717) is 28.7 Å². The Morgan fingerprint density at radius 3 is 2.23 bits per heavy atom. The predicted molar refractivity (Wildman–Crippen MR) is 130 cm³/mol. The Bertz CT molecular complexity index is 940. The number of para-hydroxylation sites is 1. The first-order chi connectivity index (χ1) is 14.3. The summed E-state index contributed by atoms with van der Waals surface area (Å²) in [5.74, 6) is 1.85. The maximum Gasteiger partial charge on any atom is 0.163 e. The van der Waals surface area contributed by atoms with Crippen LogP contribution in [-0.4, -0.2) is 16.9 Å². The molecule has 0 atom stereocenters. The summed E-state index contributed by atoms with van der Waals surface area (Å²) in [5, 5.41) is 4.14. The lowest BCUT2D eigenvalue weighted by molar-refractivity contribution is 0.0864. The van der Waals surface area contributed by atoms with Crippen LogP contribution < -0.4 is 10.1 Å². The molecule has 1 heterocycles. The number of benzene rings is 2. The molecule has 4 heteroatoms. The first kappa shape index (κ1) is 23.8. The van der Waals surface area contributed by atoms with E-state index < -0.39 is 0 Å². The average molecular weight is 442 g/mol. The van der Waals surface area contributed by atoms with Crippen LogP contribution in [0.15, 0.2) is 42.5 Å². The number of Topliss-reactive ketones (excluding diaryl/α,β-unsaturated/α-hetero) is 1. The summed E-state index contributed by atoms with van der Waals surface area (Å²) in [5.41, 5.74) is 1.78. The molecule has 2 aromatic rings. The monoisotopic (exact) mass is 441 g/mol. The zero-order chi connectivity index (χ0) is 23.0. The summed E-state index contributed by atoms with van der Waals surface area (Å²) in [4.78, 5) is 13.0. The minimum atomic E-state index is -0.0462. The highest BCUT2D eigenvalue weighted by Crippen LogP contribution is 2.38. The van der Waals surface area contributed by atoms with E-state index in [1.165, 1.54) is 0 Å². The molecule has 2 aromatic carbocycles. The van der Waals surface area contributed by atoms with E-state index in [2.05, 4.69) is 59.8 Å². The Labute approximate surface area is 192 Å². The molecule has 0 aliphatic carbocycles. The number of ketones is 1. The molecule has 3 rings (SSSR count). The molecule has 168 valence electrons. The van der Waals surface area contributed by atoms with E-state index in [9.17, 15) is 4.79 Å². The van der Waals surface area contributed by atoms with E-state index in [1.54, 1.807) is 6.07 Å². The Kier molecular flexibility index (Phi) is 6.60. The van der Waals surface area contributed by atoms with Gasteiger partial charge in [0.1, 0.15) is 11.5 Å². The minimum Gasteiger partial charge on any atom is -0.455 e. The Morgan fingerprint density at radius 2 is 1.65 bits per heavy atom. The fourth-order valence-electron chi connectivity index (χ4n) is 5.11. The highest BCUT2D eigenvalue weighted by Gasteiger charge is 2.38. The summed E-state index contributed by atoms with van der Waals surface area (Å²) in [6.45, 7) is 15.3. The summed E-state index contributed by atoms with van der Waals surface area (Å²) < 4.78 is 6.15. The van der Waals surface area contributed by atoms with Crippen LogP contribution in [0.4, 0.5) is 0 Å². The number of carbonyl (C=O) groups excluding carboxylic acids is 1. The van der Waals surface area contributed by atoms with Gasteiger partial charge in [0.2, 0.25) is 0 Å². The molecule has 1 saturated heterocycles. The molecule has 1 aliphatic rings. The van der Waals surface area contributed by atoms with Gasteiger partial charge < -0.3 is 10.1 Å². The van der Waals surface area contributed by atoms with Gasteiger partial charge in [-0.15, -0.1) is 0 Å². The van der Waals surface area contributed by atoms with Crippen LogP contribution in [0.25, 0.3) is 0 Å². The zero-order valence-corrected chi connectivity index (χ0v) is 20.7. The van der Waals surface area contributed by atoms with Crippen LogP contribution in [0.1, 0.15) is 83.7 Å². The number of hydrogen-bond acceptors (Lipinski definition) is 3. The number of halogens is 1. The van der Waals surface area contributed by atoms with Gasteiger partial charge >= 0.3 is 0 Å².